The summed E-state index contributed by atoms with van der Waals surface area (Å²) in [5.74, 6) is 0. The Morgan fingerprint density at radius 1 is 1.62 bits per heavy atom. The Kier molecular flexibility index (Phi) is 5.47. The van der Waals surface area contributed by atoms with Crippen LogP contribution in [0.5, 0.6) is 0 Å². The molecule has 0 aromatic carbocycles. The molecule has 1 atom stereocenters. The van der Waals surface area contributed by atoms with E-state index in [9.17, 15) is 10.1 Å². The second-order valence-electron chi connectivity index (χ2n) is 2.47. The summed E-state index contributed by atoms with van der Waals surface area (Å²) in [4.78, 5) is 9.87. The van der Waals surface area contributed by atoms with Crippen LogP contribution in [0.4, 0.5) is 0 Å². The van der Waals surface area contributed by atoms with Crippen molar-refractivity contribution in [3.05, 3.63) is 46.2 Å². The largest absolute Gasteiger partial charge is 0.389 e. The molecule has 0 aromatic rings. The molecule has 0 radical (unpaired) electrons. The number of aliphatic hydroxyl groups excluding tert-OH is 1. The van der Waals surface area contributed by atoms with E-state index in [4.69, 9.17) is 5.11 Å². The number of nitro groups is 1. The summed E-state index contributed by atoms with van der Waals surface area (Å²) in [6.45, 7) is 3.28. The molecule has 4 heteroatoms. The van der Waals surface area contributed by atoms with Crippen molar-refractivity contribution in [1.82, 2.24) is 0 Å². The standard InChI is InChI=1S/C9H13NO3/c1-3-5-9(10(12)13)7-4-6-8(2)11/h3-8,11H,1-2H3/b5-3-,6-4+,9-7+. The van der Waals surface area contributed by atoms with Gasteiger partial charge in [0.15, 0.2) is 0 Å². The molecule has 0 aliphatic carbocycles. The van der Waals surface area contributed by atoms with Gasteiger partial charge in [0.05, 0.1) is 11.0 Å². The van der Waals surface area contributed by atoms with E-state index in [1.54, 1.807) is 19.9 Å². The minimum Gasteiger partial charge on any atom is -0.389 e. The monoisotopic (exact) mass is 183 g/mol. The molecule has 0 amide bonds. The Morgan fingerprint density at radius 3 is 2.62 bits per heavy atom. The molecule has 0 saturated carbocycles. The maximum atomic E-state index is 10.4. The zero-order valence-electron chi connectivity index (χ0n) is 7.68. The van der Waals surface area contributed by atoms with Crippen LogP contribution in [0, 0.1) is 10.1 Å². The van der Waals surface area contributed by atoms with E-state index in [1.165, 1.54) is 24.3 Å². The van der Waals surface area contributed by atoms with Gasteiger partial charge in [-0.3, -0.25) is 10.1 Å². The summed E-state index contributed by atoms with van der Waals surface area (Å²) in [6.07, 6.45) is 6.66. The number of aliphatic hydroxyl groups is 1. The van der Waals surface area contributed by atoms with Crippen LogP contribution in [0.15, 0.2) is 36.1 Å². The van der Waals surface area contributed by atoms with Crippen LogP contribution < -0.4 is 0 Å². The van der Waals surface area contributed by atoms with Crippen molar-refractivity contribution in [2.45, 2.75) is 20.0 Å². The topological polar surface area (TPSA) is 63.4 Å². The Morgan fingerprint density at radius 2 is 2.23 bits per heavy atom. The Hall–Kier alpha value is -1.42. The average molecular weight is 183 g/mol. The zero-order valence-corrected chi connectivity index (χ0v) is 7.68. The predicted octanol–water partition coefficient (Wildman–Crippen LogP) is 1.66. The first-order chi connectivity index (χ1) is 6.07. The Labute approximate surface area is 77.0 Å². The van der Waals surface area contributed by atoms with Crippen LogP contribution >= 0.6 is 0 Å². The molecule has 0 aliphatic heterocycles. The highest BCUT2D eigenvalue weighted by molar-refractivity contribution is 5.17. The summed E-state index contributed by atoms with van der Waals surface area (Å²) in [6, 6.07) is 0. The average Bonchev–Trinajstić information content (AvgIpc) is 2.02. The highest BCUT2D eigenvalue weighted by Crippen LogP contribution is 1.98. The van der Waals surface area contributed by atoms with Gasteiger partial charge in [0.1, 0.15) is 0 Å². The van der Waals surface area contributed by atoms with Gasteiger partial charge in [-0.25, -0.2) is 0 Å². The van der Waals surface area contributed by atoms with Crippen molar-refractivity contribution in [2.24, 2.45) is 0 Å². The molecule has 0 spiro atoms. The fourth-order valence-corrected chi connectivity index (χ4v) is 0.663. The lowest BCUT2D eigenvalue weighted by Gasteiger charge is -1.90. The third-order valence-corrected chi connectivity index (χ3v) is 1.20. The molecule has 0 saturated heterocycles. The minimum atomic E-state index is -0.588. The van der Waals surface area contributed by atoms with Crippen molar-refractivity contribution in [1.29, 1.82) is 0 Å². The van der Waals surface area contributed by atoms with E-state index in [0.717, 1.165) is 0 Å². The summed E-state index contributed by atoms with van der Waals surface area (Å²) < 4.78 is 0. The van der Waals surface area contributed by atoms with Gasteiger partial charge in [0, 0.05) is 12.2 Å². The van der Waals surface area contributed by atoms with E-state index >= 15 is 0 Å². The Bertz CT molecular complexity index is 252. The molecule has 72 valence electrons. The molecule has 1 N–H and O–H groups in total. The number of hydrogen-bond donors (Lipinski definition) is 1. The van der Waals surface area contributed by atoms with E-state index in [-0.39, 0.29) is 5.70 Å². The van der Waals surface area contributed by atoms with Gasteiger partial charge < -0.3 is 5.11 Å². The second-order valence-corrected chi connectivity index (χ2v) is 2.47. The first kappa shape index (κ1) is 11.6. The first-order valence-corrected chi connectivity index (χ1v) is 3.91. The van der Waals surface area contributed by atoms with Gasteiger partial charge >= 0.3 is 0 Å². The summed E-state index contributed by atoms with van der Waals surface area (Å²) in [5, 5.41) is 19.2. The molecule has 13 heavy (non-hydrogen) atoms. The van der Waals surface area contributed by atoms with Gasteiger partial charge in [-0.15, -0.1) is 0 Å². The van der Waals surface area contributed by atoms with Gasteiger partial charge in [-0.2, -0.15) is 0 Å². The van der Waals surface area contributed by atoms with Crippen LogP contribution in [0.3, 0.4) is 0 Å². The molecule has 0 aromatic heterocycles. The van der Waals surface area contributed by atoms with Crippen molar-refractivity contribution < 1.29 is 10.0 Å². The van der Waals surface area contributed by atoms with Crippen LogP contribution in [0.25, 0.3) is 0 Å². The molecular weight excluding hydrogens is 170 g/mol. The zero-order chi connectivity index (χ0) is 10.3. The molecule has 0 fully saturated rings. The maximum Gasteiger partial charge on any atom is 0.269 e. The summed E-state index contributed by atoms with van der Waals surface area (Å²) in [5.41, 5.74) is -0.000556. The van der Waals surface area contributed by atoms with Gasteiger partial charge in [0.25, 0.3) is 5.70 Å². The van der Waals surface area contributed by atoms with Gasteiger partial charge in [-0.05, 0) is 13.8 Å². The molecule has 0 aliphatic rings. The molecule has 0 rings (SSSR count). The third kappa shape index (κ3) is 5.81. The maximum absolute atomic E-state index is 10.4. The quantitative estimate of drug-likeness (QED) is 0.409. The fraction of sp³-hybridized carbons (Fsp3) is 0.333. The van der Waals surface area contributed by atoms with Crippen molar-refractivity contribution >= 4 is 0 Å². The van der Waals surface area contributed by atoms with Crippen LogP contribution in [-0.4, -0.2) is 16.1 Å². The number of nitrogens with zero attached hydrogens (tertiary/aromatic N) is 1. The lowest BCUT2D eigenvalue weighted by Crippen LogP contribution is -1.95. The van der Waals surface area contributed by atoms with Crippen LogP contribution in [0.2, 0.25) is 0 Å². The number of rotatable bonds is 4. The van der Waals surface area contributed by atoms with Crippen LogP contribution in [-0.2, 0) is 0 Å². The lowest BCUT2D eigenvalue weighted by atomic mass is 10.3. The summed E-state index contributed by atoms with van der Waals surface area (Å²) in [7, 11) is 0. The fourth-order valence-electron chi connectivity index (χ4n) is 0.663. The van der Waals surface area contributed by atoms with E-state index in [0.29, 0.717) is 0 Å². The van der Waals surface area contributed by atoms with Crippen molar-refractivity contribution in [3.63, 3.8) is 0 Å². The van der Waals surface area contributed by atoms with Crippen molar-refractivity contribution in [3.8, 4) is 0 Å². The molecule has 4 nitrogen and oxygen atoms in total. The van der Waals surface area contributed by atoms with Crippen LogP contribution in [0.1, 0.15) is 13.8 Å². The normalized spacial score (nSPS) is 15.5. The van der Waals surface area contributed by atoms with Crippen molar-refractivity contribution in [2.75, 3.05) is 0 Å². The molecule has 0 bridgehead atoms. The number of hydrogen-bond acceptors (Lipinski definition) is 3. The minimum absolute atomic E-state index is 0.000556. The van der Waals surface area contributed by atoms with E-state index < -0.39 is 11.0 Å². The van der Waals surface area contributed by atoms with Gasteiger partial charge in [-0.1, -0.05) is 18.2 Å². The summed E-state index contributed by atoms with van der Waals surface area (Å²) >= 11 is 0. The highest BCUT2D eigenvalue weighted by atomic mass is 16.6. The third-order valence-electron chi connectivity index (χ3n) is 1.20. The Balaban J connectivity index is 4.46. The van der Waals surface area contributed by atoms with Gasteiger partial charge in [0.2, 0.25) is 0 Å². The molecule has 1 unspecified atom stereocenters. The highest BCUT2D eigenvalue weighted by Gasteiger charge is 2.01. The predicted molar refractivity (Wildman–Crippen MR) is 50.7 cm³/mol. The molecular formula is C9H13NO3. The smallest absolute Gasteiger partial charge is 0.269 e. The first-order valence-electron chi connectivity index (χ1n) is 3.91. The molecule has 0 heterocycles. The van der Waals surface area contributed by atoms with E-state index in [1.807, 2.05) is 0 Å². The number of allylic oxidation sites excluding steroid dienone is 4. The second kappa shape index (κ2) is 6.14. The van der Waals surface area contributed by atoms with E-state index in [2.05, 4.69) is 0 Å². The lowest BCUT2D eigenvalue weighted by molar-refractivity contribution is -0.419. The SMILES string of the molecule is C\C=C/C(=C\C=C\C(C)O)[N+](=O)[O-].